The van der Waals surface area contributed by atoms with Crippen LogP contribution in [0.1, 0.15) is 73.6 Å². The molecular weight excluding hydrogens is 316 g/mol. The number of fused-ring (bicyclic) bond motifs is 2. The topological polar surface area (TPSA) is 52.6 Å². The molecule has 1 fully saturated rings. The number of ether oxygens (including phenoxy) is 2. The van der Waals surface area contributed by atoms with Crippen molar-refractivity contribution in [2.75, 3.05) is 13.2 Å². The first kappa shape index (κ1) is 20.0. The van der Waals surface area contributed by atoms with Crippen LogP contribution in [-0.4, -0.2) is 25.2 Å². The number of hydrogen-bond acceptors (Lipinski definition) is 4. The van der Waals surface area contributed by atoms with E-state index >= 15 is 0 Å². The molecule has 0 aromatic rings. The van der Waals surface area contributed by atoms with E-state index in [1.54, 1.807) is 0 Å². The normalized spacial score (nSPS) is 33.7. The Hall–Kier alpha value is -1.32. The summed E-state index contributed by atoms with van der Waals surface area (Å²) in [5, 5.41) is 0. The highest BCUT2D eigenvalue weighted by Gasteiger charge is 2.68. The number of unbranched alkanes of at least 4 members (excludes halogenated alkanes) is 2. The van der Waals surface area contributed by atoms with Gasteiger partial charge in [0.05, 0.1) is 25.0 Å². The van der Waals surface area contributed by atoms with Crippen molar-refractivity contribution in [3.05, 3.63) is 11.1 Å². The van der Waals surface area contributed by atoms with Gasteiger partial charge in [-0.05, 0) is 33.1 Å². The van der Waals surface area contributed by atoms with Gasteiger partial charge < -0.3 is 9.47 Å². The molecule has 4 heteroatoms. The molecule has 2 aliphatic carbocycles. The van der Waals surface area contributed by atoms with Gasteiger partial charge in [-0.25, -0.2) is 0 Å². The molecule has 2 bridgehead atoms. The van der Waals surface area contributed by atoms with Crippen LogP contribution in [0.4, 0.5) is 0 Å². The van der Waals surface area contributed by atoms with Crippen LogP contribution >= 0.6 is 0 Å². The van der Waals surface area contributed by atoms with Crippen LogP contribution < -0.4 is 0 Å². The lowest BCUT2D eigenvalue weighted by atomic mass is 9.65. The van der Waals surface area contributed by atoms with Crippen LogP contribution in [0, 0.1) is 22.7 Å². The SMILES string of the molecule is CCCCOC(=O)C1C(C(=O)OCCCC)C2(C)CC1(C)C(C)=C2C. The zero-order valence-corrected chi connectivity index (χ0v) is 16.7. The van der Waals surface area contributed by atoms with Crippen molar-refractivity contribution in [2.45, 2.75) is 73.6 Å². The Kier molecular flexibility index (Phi) is 6.01. The molecule has 0 spiro atoms. The van der Waals surface area contributed by atoms with Gasteiger partial charge in [0.1, 0.15) is 0 Å². The summed E-state index contributed by atoms with van der Waals surface area (Å²) in [6.07, 6.45) is 4.48. The Morgan fingerprint density at radius 3 is 1.56 bits per heavy atom. The van der Waals surface area contributed by atoms with Crippen molar-refractivity contribution in [3.8, 4) is 0 Å². The lowest BCUT2D eigenvalue weighted by molar-refractivity contribution is -0.165. The van der Waals surface area contributed by atoms with Gasteiger partial charge in [-0.1, -0.05) is 51.7 Å². The fraction of sp³-hybridized carbons (Fsp3) is 0.810. The third-order valence-corrected chi connectivity index (χ3v) is 6.71. The zero-order chi connectivity index (χ0) is 18.8. The quantitative estimate of drug-likeness (QED) is 0.362. The summed E-state index contributed by atoms with van der Waals surface area (Å²) >= 11 is 0. The fourth-order valence-corrected chi connectivity index (χ4v) is 4.91. The number of allylic oxidation sites excluding steroid dienone is 2. The lowest BCUT2D eigenvalue weighted by Gasteiger charge is -2.38. The summed E-state index contributed by atoms with van der Waals surface area (Å²) in [6, 6.07) is 0. The number of rotatable bonds is 8. The summed E-state index contributed by atoms with van der Waals surface area (Å²) in [5.74, 6) is -1.34. The largest absolute Gasteiger partial charge is 0.465 e. The van der Waals surface area contributed by atoms with Gasteiger partial charge in [0, 0.05) is 10.8 Å². The van der Waals surface area contributed by atoms with E-state index in [-0.39, 0.29) is 22.8 Å². The van der Waals surface area contributed by atoms with Crippen molar-refractivity contribution >= 4 is 11.9 Å². The standard InChI is InChI=1S/C21H34O4/c1-7-9-11-24-18(22)16-17(19(23)25-12-10-8-2)21(6)13-20(16,5)14(3)15(21)4/h16-17H,7-13H2,1-6H3. The van der Waals surface area contributed by atoms with Crippen LogP contribution in [0.15, 0.2) is 11.1 Å². The number of esters is 2. The van der Waals surface area contributed by atoms with Crippen LogP contribution in [0.5, 0.6) is 0 Å². The third-order valence-electron chi connectivity index (χ3n) is 6.71. The Morgan fingerprint density at radius 1 is 0.880 bits per heavy atom. The van der Waals surface area contributed by atoms with Crippen LogP contribution in [0.3, 0.4) is 0 Å². The van der Waals surface area contributed by atoms with Crippen molar-refractivity contribution in [1.82, 2.24) is 0 Å². The van der Waals surface area contributed by atoms with Gasteiger partial charge >= 0.3 is 11.9 Å². The summed E-state index contributed by atoms with van der Waals surface area (Å²) in [6.45, 7) is 13.4. The second kappa shape index (κ2) is 7.51. The van der Waals surface area contributed by atoms with Gasteiger partial charge in [-0.3, -0.25) is 9.59 Å². The maximum absolute atomic E-state index is 12.9. The summed E-state index contributed by atoms with van der Waals surface area (Å²) in [4.78, 5) is 25.8. The summed E-state index contributed by atoms with van der Waals surface area (Å²) in [5.41, 5.74) is 1.86. The minimum atomic E-state index is -0.438. The molecular formula is C21H34O4. The van der Waals surface area contributed by atoms with Gasteiger partial charge in [-0.2, -0.15) is 0 Å². The molecule has 4 atom stereocenters. The molecule has 2 rings (SSSR count). The Labute approximate surface area is 152 Å². The highest BCUT2D eigenvalue weighted by Crippen LogP contribution is 2.69. The minimum absolute atomic E-state index is 0.232. The third kappa shape index (κ3) is 3.24. The second-order valence-corrected chi connectivity index (χ2v) is 8.26. The monoisotopic (exact) mass is 350 g/mol. The molecule has 0 aromatic heterocycles. The first-order chi connectivity index (χ1) is 11.7. The molecule has 0 aromatic carbocycles. The average molecular weight is 350 g/mol. The predicted octanol–water partition coefficient (Wildman–Crippen LogP) is 4.67. The second-order valence-electron chi connectivity index (χ2n) is 8.26. The first-order valence-electron chi connectivity index (χ1n) is 9.75. The molecule has 0 amide bonds. The van der Waals surface area contributed by atoms with Gasteiger partial charge in [0.2, 0.25) is 0 Å². The Morgan fingerprint density at radius 2 is 1.24 bits per heavy atom. The Balaban J connectivity index is 2.30. The van der Waals surface area contributed by atoms with Gasteiger partial charge in [-0.15, -0.1) is 0 Å². The first-order valence-corrected chi connectivity index (χ1v) is 9.75. The van der Waals surface area contributed by atoms with E-state index in [0.29, 0.717) is 13.2 Å². The lowest BCUT2D eigenvalue weighted by Crippen LogP contribution is -2.44. The molecule has 142 valence electrons. The maximum atomic E-state index is 12.9. The van der Waals surface area contributed by atoms with Crippen LogP contribution in [0.2, 0.25) is 0 Å². The molecule has 25 heavy (non-hydrogen) atoms. The van der Waals surface area contributed by atoms with Crippen molar-refractivity contribution < 1.29 is 19.1 Å². The van der Waals surface area contributed by atoms with E-state index in [2.05, 4.69) is 41.5 Å². The van der Waals surface area contributed by atoms with E-state index in [9.17, 15) is 9.59 Å². The summed E-state index contributed by atoms with van der Waals surface area (Å²) < 4.78 is 11.1. The molecule has 0 N–H and O–H groups in total. The molecule has 0 radical (unpaired) electrons. The van der Waals surface area contributed by atoms with E-state index in [4.69, 9.17) is 9.47 Å². The molecule has 4 nitrogen and oxygen atoms in total. The maximum Gasteiger partial charge on any atom is 0.310 e. The zero-order valence-electron chi connectivity index (χ0n) is 16.7. The van der Waals surface area contributed by atoms with Crippen molar-refractivity contribution in [2.24, 2.45) is 22.7 Å². The van der Waals surface area contributed by atoms with Crippen LogP contribution in [-0.2, 0) is 19.1 Å². The fourth-order valence-electron chi connectivity index (χ4n) is 4.91. The van der Waals surface area contributed by atoms with E-state index < -0.39 is 11.8 Å². The minimum Gasteiger partial charge on any atom is -0.465 e. The predicted molar refractivity (Wildman–Crippen MR) is 97.9 cm³/mol. The summed E-state index contributed by atoms with van der Waals surface area (Å²) in [7, 11) is 0. The molecule has 0 aliphatic heterocycles. The highest BCUT2D eigenvalue weighted by molar-refractivity contribution is 5.86. The van der Waals surface area contributed by atoms with E-state index in [1.807, 2.05) is 0 Å². The number of carbonyl (C=O) groups excluding carboxylic acids is 2. The van der Waals surface area contributed by atoms with E-state index in [0.717, 1.165) is 32.1 Å². The van der Waals surface area contributed by atoms with Gasteiger partial charge in [0.25, 0.3) is 0 Å². The molecule has 0 heterocycles. The Bertz CT molecular complexity index is 516. The molecule has 2 aliphatic rings. The van der Waals surface area contributed by atoms with Crippen molar-refractivity contribution in [1.29, 1.82) is 0 Å². The molecule has 1 saturated carbocycles. The van der Waals surface area contributed by atoms with Crippen molar-refractivity contribution in [3.63, 3.8) is 0 Å². The number of carbonyl (C=O) groups is 2. The van der Waals surface area contributed by atoms with E-state index in [1.165, 1.54) is 11.1 Å². The molecule has 0 saturated heterocycles. The van der Waals surface area contributed by atoms with Gasteiger partial charge in [0.15, 0.2) is 0 Å². The molecule has 4 unspecified atom stereocenters. The average Bonchev–Trinajstić information content (AvgIpc) is 2.91. The van der Waals surface area contributed by atoms with Crippen LogP contribution in [0.25, 0.3) is 0 Å². The smallest absolute Gasteiger partial charge is 0.310 e. The highest BCUT2D eigenvalue weighted by atomic mass is 16.5. The number of hydrogen-bond donors (Lipinski definition) is 0.